The Labute approximate surface area is 118 Å². The van der Waals surface area contributed by atoms with E-state index in [9.17, 15) is 4.79 Å². The zero-order valence-electron chi connectivity index (χ0n) is 10.2. The summed E-state index contributed by atoms with van der Waals surface area (Å²) in [4.78, 5) is 11.9. The number of ketones is 1. The number of hydrogen-bond donors (Lipinski definition) is 1. The van der Waals surface area contributed by atoms with Crippen LogP contribution in [0.1, 0.15) is 24.8 Å². The SMILES string of the molecule is O=C(CCC1CCNC1)Cc1cc(Cl)ccc1Cl. The lowest BCUT2D eigenvalue weighted by Gasteiger charge is -2.08. The molecule has 2 nitrogen and oxygen atoms in total. The van der Waals surface area contributed by atoms with Crippen molar-refractivity contribution in [2.75, 3.05) is 13.1 Å². The molecule has 0 amide bonds. The van der Waals surface area contributed by atoms with Gasteiger partial charge in [0.15, 0.2) is 0 Å². The molecule has 18 heavy (non-hydrogen) atoms. The van der Waals surface area contributed by atoms with E-state index in [4.69, 9.17) is 23.2 Å². The van der Waals surface area contributed by atoms with Gasteiger partial charge in [0.2, 0.25) is 0 Å². The van der Waals surface area contributed by atoms with E-state index in [0.29, 0.717) is 28.8 Å². The Morgan fingerprint density at radius 1 is 1.39 bits per heavy atom. The molecule has 1 fully saturated rings. The van der Waals surface area contributed by atoms with Crippen molar-refractivity contribution in [3.05, 3.63) is 33.8 Å². The zero-order valence-corrected chi connectivity index (χ0v) is 11.7. The van der Waals surface area contributed by atoms with Gasteiger partial charge in [-0.05, 0) is 55.6 Å². The Morgan fingerprint density at radius 3 is 2.94 bits per heavy atom. The smallest absolute Gasteiger partial charge is 0.137 e. The van der Waals surface area contributed by atoms with Crippen LogP contribution in [0.4, 0.5) is 0 Å². The number of halogens is 2. The van der Waals surface area contributed by atoms with Crippen molar-refractivity contribution in [3.8, 4) is 0 Å². The van der Waals surface area contributed by atoms with E-state index in [1.54, 1.807) is 18.2 Å². The number of carbonyl (C=O) groups is 1. The minimum absolute atomic E-state index is 0.242. The van der Waals surface area contributed by atoms with Gasteiger partial charge in [-0.3, -0.25) is 4.79 Å². The fourth-order valence-corrected chi connectivity index (χ4v) is 2.68. The van der Waals surface area contributed by atoms with Gasteiger partial charge in [-0.25, -0.2) is 0 Å². The van der Waals surface area contributed by atoms with Gasteiger partial charge in [0.25, 0.3) is 0 Å². The maximum absolute atomic E-state index is 11.9. The summed E-state index contributed by atoms with van der Waals surface area (Å²) in [7, 11) is 0. The Bertz CT molecular complexity index is 428. The fourth-order valence-electron chi connectivity index (χ4n) is 2.31. The Kier molecular flexibility index (Phi) is 5.04. The summed E-state index contributed by atoms with van der Waals surface area (Å²) in [5, 5.41) is 4.56. The van der Waals surface area contributed by atoms with Crippen LogP contribution in [0.5, 0.6) is 0 Å². The molecule has 0 aromatic heterocycles. The lowest BCUT2D eigenvalue weighted by Crippen LogP contribution is -2.11. The molecule has 0 radical (unpaired) electrons. The van der Waals surface area contributed by atoms with Crippen molar-refractivity contribution >= 4 is 29.0 Å². The predicted octanol–water partition coefficient (Wildman–Crippen LogP) is 3.49. The van der Waals surface area contributed by atoms with Crippen molar-refractivity contribution in [1.29, 1.82) is 0 Å². The number of Topliss-reactive ketones (excluding diaryl/α,β-unsaturated/α-hetero) is 1. The van der Waals surface area contributed by atoms with Gasteiger partial charge in [0.1, 0.15) is 5.78 Å². The Balaban J connectivity index is 1.84. The third kappa shape index (κ3) is 3.98. The van der Waals surface area contributed by atoms with Crippen LogP contribution in [-0.4, -0.2) is 18.9 Å². The third-order valence-corrected chi connectivity index (χ3v) is 3.99. The largest absolute Gasteiger partial charge is 0.316 e. The number of nitrogens with one attached hydrogen (secondary N) is 1. The van der Waals surface area contributed by atoms with Crippen LogP contribution in [-0.2, 0) is 11.2 Å². The molecular weight excluding hydrogens is 269 g/mol. The maximum atomic E-state index is 11.9. The highest BCUT2D eigenvalue weighted by Gasteiger charge is 2.16. The molecule has 1 saturated heterocycles. The average Bonchev–Trinajstić information content (AvgIpc) is 2.84. The molecule has 1 aliphatic rings. The molecule has 0 spiro atoms. The highest BCUT2D eigenvalue weighted by molar-refractivity contribution is 6.33. The molecule has 1 N–H and O–H groups in total. The third-order valence-electron chi connectivity index (χ3n) is 3.39. The van der Waals surface area contributed by atoms with Gasteiger partial charge >= 0.3 is 0 Å². The molecular formula is C14H17Cl2NO. The monoisotopic (exact) mass is 285 g/mol. The molecule has 1 aromatic carbocycles. The first kappa shape index (κ1) is 13.9. The minimum atomic E-state index is 0.242. The molecule has 0 aliphatic carbocycles. The molecule has 1 aromatic rings. The van der Waals surface area contributed by atoms with Crippen molar-refractivity contribution < 1.29 is 4.79 Å². The quantitative estimate of drug-likeness (QED) is 0.897. The average molecular weight is 286 g/mol. The van der Waals surface area contributed by atoms with E-state index in [2.05, 4.69) is 5.32 Å². The second-order valence-corrected chi connectivity index (χ2v) is 5.69. The summed E-state index contributed by atoms with van der Waals surface area (Å²) >= 11 is 11.9. The fraction of sp³-hybridized carbons (Fsp3) is 0.500. The van der Waals surface area contributed by atoms with E-state index >= 15 is 0 Å². The van der Waals surface area contributed by atoms with Crippen LogP contribution < -0.4 is 5.32 Å². The normalized spacial score (nSPS) is 19.1. The van der Waals surface area contributed by atoms with E-state index in [1.807, 2.05) is 0 Å². The van der Waals surface area contributed by atoms with Crippen LogP contribution >= 0.6 is 23.2 Å². The Morgan fingerprint density at radius 2 is 2.22 bits per heavy atom. The highest BCUT2D eigenvalue weighted by atomic mass is 35.5. The lowest BCUT2D eigenvalue weighted by molar-refractivity contribution is -0.118. The first-order valence-corrected chi connectivity index (χ1v) is 7.07. The molecule has 2 rings (SSSR count). The first-order chi connectivity index (χ1) is 8.65. The highest BCUT2D eigenvalue weighted by Crippen LogP contribution is 2.22. The van der Waals surface area contributed by atoms with Crippen LogP contribution in [0.25, 0.3) is 0 Å². The summed E-state index contributed by atoms with van der Waals surface area (Å²) in [5.41, 5.74) is 0.832. The van der Waals surface area contributed by atoms with E-state index in [0.717, 1.165) is 25.1 Å². The number of benzene rings is 1. The summed E-state index contributed by atoms with van der Waals surface area (Å²) in [6.45, 7) is 2.13. The predicted molar refractivity (Wildman–Crippen MR) is 75.4 cm³/mol. The van der Waals surface area contributed by atoms with Crippen LogP contribution in [0.15, 0.2) is 18.2 Å². The molecule has 4 heteroatoms. The molecule has 1 heterocycles. The van der Waals surface area contributed by atoms with Gasteiger partial charge < -0.3 is 5.32 Å². The second-order valence-electron chi connectivity index (χ2n) is 4.85. The molecule has 1 aliphatic heterocycles. The molecule has 1 atom stereocenters. The van der Waals surface area contributed by atoms with Gasteiger partial charge in [-0.2, -0.15) is 0 Å². The topological polar surface area (TPSA) is 29.1 Å². The van der Waals surface area contributed by atoms with Crippen molar-refractivity contribution in [2.24, 2.45) is 5.92 Å². The van der Waals surface area contributed by atoms with Crippen molar-refractivity contribution in [2.45, 2.75) is 25.7 Å². The van der Waals surface area contributed by atoms with Crippen LogP contribution in [0.2, 0.25) is 10.0 Å². The van der Waals surface area contributed by atoms with Gasteiger partial charge in [0, 0.05) is 22.9 Å². The molecule has 1 unspecified atom stereocenters. The van der Waals surface area contributed by atoms with Gasteiger partial charge in [0.05, 0.1) is 0 Å². The zero-order chi connectivity index (χ0) is 13.0. The van der Waals surface area contributed by atoms with Crippen LogP contribution in [0.3, 0.4) is 0 Å². The standard InChI is InChI=1S/C14H17Cl2NO/c15-12-2-4-14(16)11(7-12)8-13(18)3-1-10-5-6-17-9-10/h2,4,7,10,17H,1,3,5-6,8-9H2. The molecule has 0 bridgehead atoms. The first-order valence-electron chi connectivity index (χ1n) is 6.31. The summed E-state index contributed by atoms with van der Waals surface area (Å²) in [6, 6.07) is 5.26. The number of hydrogen-bond acceptors (Lipinski definition) is 2. The van der Waals surface area contributed by atoms with Crippen LogP contribution in [0, 0.1) is 5.92 Å². The maximum Gasteiger partial charge on any atom is 0.137 e. The molecule has 98 valence electrons. The summed E-state index contributed by atoms with van der Waals surface area (Å²) < 4.78 is 0. The van der Waals surface area contributed by atoms with E-state index in [1.165, 1.54) is 6.42 Å². The van der Waals surface area contributed by atoms with E-state index < -0.39 is 0 Å². The van der Waals surface area contributed by atoms with Gasteiger partial charge in [-0.15, -0.1) is 0 Å². The number of rotatable bonds is 5. The van der Waals surface area contributed by atoms with Crippen molar-refractivity contribution in [1.82, 2.24) is 5.32 Å². The van der Waals surface area contributed by atoms with E-state index in [-0.39, 0.29) is 5.78 Å². The summed E-state index contributed by atoms with van der Waals surface area (Å²) in [6.07, 6.45) is 3.18. The van der Waals surface area contributed by atoms with Gasteiger partial charge in [-0.1, -0.05) is 23.2 Å². The number of carbonyl (C=O) groups excluding carboxylic acids is 1. The summed E-state index contributed by atoms with van der Waals surface area (Å²) in [5.74, 6) is 0.898. The second kappa shape index (κ2) is 6.55. The Hall–Kier alpha value is -0.570. The van der Waals surface area contributed by atoms with Crippen molar-refractivity contribution in [3.63, 3.8) is 0 Å². The minimum Gasteiger partial charge on any atom is -0.316 e. The lowest BCUT2D eigenvalue weighted by atomic mass is 9.98. The molecule has 0 saturated carbocycles.